The Morgan fingerprint density at radius 2 is 1.79 bits per heavy atom. The number of benzene rings is 1. The summed E-state index contributed by atoms with van der Waals surface area (Å²) in [6, 6.07) is 9.02. The van der Waals surface area contributed by atoms with E-state index < -0.39 is 36.2 Å². The van der Waals surface area contributed by atoms with Crippen molar-refractivity contribution in [3.63, 3.8) is 0 Å². The van der Waals surface area contributed by atoms with Crippen LogP contribution in [0.1, 0.15) is 19.4 Å². The lowest BCUT2D eigenvalue weighted by Crippen LogP contribution is -2.32. The van der Waals surface area contributed by atoms with Crippen molar-refractivity contribution in [1.82, 2.24) is 9.37 Å². The molecule has 6 nitrogen and oxygen atoms in total. The predicted molar refractivity (Wildman–Crippen MR) is 116 cm³/mol. The molecule has 1 aliphatic rings. The summed E-state index contributed by atoms with van der Waals surface area (Å²) in [6.07, 6.45) is 3.64. The van der Waals surface area contributed by atoms with Gasteiger partial charge in [0.25, 0.3) is 0 Å². The van der Waals surface area contributed by atoms with Gasteiger partial charge in [0.05, 0.1) is 11.8 Å². The minimum absolute atomic E-state index is 0.0768. The smallest absolute Gasteiger partial charge is 0.345 e. The van der Waals surface area contributed by atoms with Crippen molar-refractivity contribution in [2.75, 3.05) is 18.8 Å². The minimum atomic E-state index is -3.52. The summed E-state index contributed by atoms with van der Waals surface area (Å²) in [7, 11) is -5.03. The van der Waals surface area contributed by atoms with Gasteiger partial charge in [-0.2, -0.15) is 4.31 Å². The van der Waals surface area contributed by atoms with Gasteiger partial charge in [-0.3, -0.25) is 0 Å². The highest BCUT2D eigenvalue weighted by atomic mass is 32.2. The molecule has 2 rings (SSSR count). The van der Waals surface area contributed by atoms with Crippen molar-refractivity contribution in [3.05, 3.63) is 42.0 Å². The zero-order valence-corrected chi connectivity index (χ0v) is 19.3. The Morgan fingerprint density at radius 1 is 1.18 bits per heavy atom. The fourth-order valence-electron chi connectivity index (χ4n) is 2.87. The van der Waals surface area contributed by atoms with Gasteiger partial charge >= 0.3 is 5.97 Å². The van der Waals surface area contributed by atoms with Crippen LogP contribution < -0.4 is 0 Å². The molecule has 1 aromatic carbocycles. The molecule has 156 valence electrons. The standard InChI is InChI=1S/C20H32N2O4SSi/c1-6-21(7-2)26-20(23)19-18(14-13-17-11-9-8-10-12-17)22(19)27(24,25)15-16-28(3,4)5/h8-14,18-19H,6-7,15-16H2,1-5H3/b14-13+. The average Bonchev–Trinajstić information content (AvgIpc) is 3.39. The number of hydrogen-bond donors (Lipinski definition) is 0. The molecule has 28 heavy (non-hydrogen) atoms. The third kappa shape index (κ3) is 6.27. The van der Waals surface area contributed by atoms with E-state index in [-0.39, 0.29) is 5.75 Å². The van der Waals surface area contributed by atoms with Gasteiger partial charge in [0.2, 0.25) is 10.0 Å². The topological polar surface area (TPSA) is 66.7 Å². The van der Waals surface area contributed by atoms with Gasteiger partial charge in [0.1, 0.15) is 6.04 Å². The van der Waals surface area contributed by atoms with Crippen molar-refractivity contribution in [3.8, 4) is 0 Å². The first-order valence-electron chi connectivity index (χ1n) is 9.80. The fraction of sp³-hybridized carbons (Fsp3) is 0.550. The first kappa shape index (κ1) is 22.8. The van der Waals surface area contributed by atoms with Gasteiger partial charge in [0.15, 0.2) is 0 Å². The molecule has 1 aromatic rings. The molecular formula is C20H32N2O4SSi. The molecule has 1 aliphatic heterocycles. The molecule has 0 N–H and O–H groups in total. The fourth-order valence-corrected chi connectivity index (χ4v) is 7.62. The first-order valence-corrected chi connectivity index (χ1v) is 15.1. The Labute approximate surface area is 170 Å². The molecule has 0 amide bonds. The van der Waals surface area contributed by atoms with E-state index in [1.54, 1.807) is 6.08 Å². The van der Waals surface area contributed by atoms with E-state index in [0.29, 0.717) is 19.1 Å². The Kier molecular flexibility index (Phi) is 7.61. The maximum atomic E-state index is 12.9. The Hall–Kier alpha value is -1.48. The number of nitrogens with zero attached hydrogens (tertiary/aromatic N) is 2. The van der Waals surface area contributed by atoms with Crippen LogP contribution in [0.25, 0.3) is 6.08 Å². The summed E-state index contributed by atoms with van der Waals surface area (Å²) in [5.41, 5.74) is 0.963. The molecule has 0 aliphatic carbocycles. The number of sulfonamides is 1. The van der Waals surface area contributed by atoms with Gasteiger partial charge in [-0.05, 0) is 25.5 Å². The van der Waals surface area contributed by atoms with Crippen molar-refractivity contribution < 1.29 is 18.0 Å². The summed E-state index contributed by atoms with van der Waals surface area (Å²) in [4.78, 5) is 18.0. The minimum Gasteiger partial charge on any atom is -0.366 e. The summed E-state index contributed by atoms with van der Waals surface area (Å²) < 4.78 is 27.1. The van der Waals surface area contributed by atoms with Gasteiger partial charge in [-0.25, -0.2) is 13.2 Å². The van der Waals surface area contributed by atoms with Crippen LogP contribution in [0.4, 0.5) is 0 Å². The van der Waals surface area contributed by atoms with Crippen LogP contribution in [-0.2, 0) is 19.7 Å². The van der Waals surface area contributed by atoms with E-state index in [2.05, 4.69) is 19.6 Å². The van der Waals surface area contributed by atoms with Crippen molar-refractivity contribution in [2.45, 2.75) is 51.6 Å². The molecule has 1 fully saturated rings. The predicted octanol–water partition coefficient (Wildman–Crippen LogP) is 3.22. The number of hydroxylamine groups is 2. The first-order chi connectivity index (χ1) is 13.1. The Morgan fingerprint density at radius 3 is 2.32 bits per heavy atom. The maximum absolute atomic E-state index is 12.9. The van der Waals surface area contributed by atoms with E-state index in [9.17, 15) is 13.2 Å². The number of hydrogen-bond acceptors (Lipinski definition) is 5. The second kappa shape index (κ2) is 9.34. The summed E-state index contributed by atoms with van der Waals surface area (Å²) >= 11 is 0. The van der Waals surface area contributed by atoms with Gasteiger partial charge in [-0.1, -0.05) is 62.1 Å². The van der Waals surface area contributed by atoms with E-state index in [0.717, 1.165) is 5.56 Å². The second-order valence-electron chi connectivity index (χ2n) is 8.19. The third-order valence-electron chi connectivity index (χ3n) is 4.68. The molecule has 1 saturated heterocycles. The third-order valence-corrected chi connectivity index (χ3v) is 8.63. The summed E-state index contributed by atoms with van der Waals surface area (Å²) in [5, 5.41) is 1.53. The van der Waals surface area contributed by atoms with Crippen LogP contribution in [0.2, 0.25) is 25.7 Å². The van der Waals surface area contributed by atoms with Gasteiger partial charge < -0.3 is 4.84 Å². The molecule has 8 heteroatoms. The number of carbonyl (C=O) groups is 1. The highest BCUT2D eigenvalue weighted by molar-refractivity contribution is 7.89. The molecule has 0 spiro atoms. The Bertz CT molecular complexity index is 786. The Balaban J connectivity index is 2.18. The normalized spacial score (nSPS) is 22.6. The van der Waals surface area contributed by atoms with E-state index >= 15 is 0 Å². The maximum Gasteiger partial charge on any atom is 0.345 e. The lowest BCUT2D eigenvalue weighted by atomic mass is 10.2. The molecule has 0 saturated carbocycles. The molecule has 3 unspecified atom stereocenters. The highest BCUT2D eigenvalue weighted by Crippen LogP contribution is 2.36. The van der Waals surface area contributed by atoms with E-state index in [1.165, 1.54) is 9.37 Å². The van der Waals surface area contributed by atoms with Crippen LogP contribution in [0.15, 0.2) is 36.4 Å². The zero-order chi connectivity index (χ0) is 20.9. The van der Waals surface area contributed by atoms with Crippen LogP contribution >= 0.6 is 0 Å². The van der Waals surface area contributed by atoms with Crippen LogP contribution in [0.5, 0.6) is 0 Å². The molecule has 0 radical (unpaired) electrons. The average molecular weight is 425 g/mol. The van der Waals surface area contributed by atoms with Crippen molar-refractivity contribution in [2.24, 2.45) is 0 Å². The van der Waals surface area contributed by atoms with Gasteiger partial charge in [-0.15, -0.1) is 5.06 Å². The zero-order valence-electron chi connectivity index (χ0n) is 17.5. The summed E-state index contributed by atoms with van der Waals surface area (Å²) in [6.45, 7) is 11.3. The molecule has 1 heterocycles. The lowest BCUT2D eigenvalue weighted by Gasteiger charge is -2.17. The largest absolute Gasteiger partial charge is 0.366 e. The van der Waals surface area contributed by atoms with Crippen LogP contribution in [-0.4, -0.2) is 62.8 Å². The van der Waals surface area contributed by atoms with Crippen molar-refractivity contribution >= 4 is 30.1 Å². The quantitative estimate of drug-likeness (QED) is 0.328. The monoisotopic (exact) mass is 424 g/mol. The molecule has 0 aromatic heterocycles. The molecule has 3 atom stereocenters. The van der Waals surface area contributed by atoms with Crippen LogP contribution in [0.3, 0.4) is 0 Å². The van der Waals surface area contributed by atoms with E-state index in [4.69, 9.17) is 4.84 Å². The number of carbonyl (C=O) groups excluding carboxylic acids is 1. The molecular weight excluding hydrogens is 392 g/mol. The highest BCUT2D eigenvalue weighted by Gasteiger charge is 2.59. The molecule has 0 bridgehead atoms. The summed E-state index contributed by atoms with van der Waals surface area (Å²) in [5.74, 6) is -0.434. The van der Waals surface area contributed by atoms with Gasteiger partial charge in [0, 0.05) is 21.2 Å². The van der Waals surface area contributed by atoms with E-state index in [1.807, 2.05) is 50.3 Å². The number of rotatable bonds is 10. The van der Waals surface area contributed by atoms with Crippen LogP contribution in [0, 0.1) is 0 Å². The second-order valence-corrected chi connectivity index (χ2v) is 15.8. The SMILES string of the molecule is CCN(CC)OC(=O)C1C(/C=C/c2ccccc2)N1S(=O)(=O)CC[Si](C)(C)C. The lowest BCUT2D eigenvalue weighted by molar-refractivity contribution is -0.188. The van der Waals surface area contributed by atoms with Crippen molar-refractivity contribution in [1.29, 1.82) is 0 Å².